The van der Waals surface area contributed by atoms with E-state index in [-0.39, 0.29) is 18.2 Å². The van der Waals surface area contributed by atoms with Gasteiger partial charge in [0.1, 0.15) is 6.04 Å². The number of benzene rings is 2. The highest BCUT2D eigenvalue weighted by Crippen LogP contribution is 2.28. The maximum absolute atomic E-state index is 12.2. The van der Waals surface area contributed by atoms with Gasteiger partial charge >= 0.3 is 5.97 Å². The summed E-state index contributed by atoms with van der Waals surface area (Å²) in [5, 5.41) is 22.0. The summed E-state index contributed by atoms with van der Waals surface area (Å²) in [5.74, 6) is -1.40. The quantitative estimate of drug-likeness (QED) is 0.174. The third-order valence-electron chi connectivity index (χ3n) is 6.72. The number of hydrogen-bond acceptors (Lipinski definition) is 6. The fraction of sp³-hybridized carbons (Fsp3) is 0.467. The van der Waals surface area contributed by atoms with E-state index in [4.69, 9.17) is 9.94 Å². The number of rotatable bonds is 13. The van der Waals surface area contributed by atoms with Crippen molar-refractivity contribution >= 4 is 18.0 Å². The summed E-state index contributed by atoms with van der Waals surface area (Å²) in [6.07, 6.45) is 7.23. The van der Waals surface area contributed by atoms with Crippen LogP contribution < -0.4 is 10.8 Å². The van der Waals surface area contributed by atoms with Crippen LogP contribution in [0, 0.1) is 0 Å². The minimum atomic E-state index is -0.832. The fourth-order valence-corrected chi connectivity index (χ4v) is 4.65. The molecule has 1 amide bonds. The van der Waals surface area contributed by atoms with E-state index in [1.54, 1.807) is 11.6 Å². The van der Waals surface area contributed by atoms with Crippen LogP contribution in [0.3, 0.4) is 0 Å². The zero-order valence-corrected chi connectivity index (χ0v) is 22.7. The molecule has 0 spiro atoms. The van der Waals surface area contributed by atoms with E-state index in [1.807, 2.05) is 45.0 Å². The Kier molecular flexibility index (Phi) is 11.0. The molecule has 1 aliphatic rings. The Balaban J connectivity index is 1.56. The highest BCUT2D eigenvalue weighted by atomic mass is 16.5. The van der Waals surface area contributed by atoms with E-state index in [2.05, 4.69) is 34.5 Å². The molecule has 2 aromatic rings. The summed E-state index contributed by atoms with van der Waals surface area (Å²) >= 11 is 0. The minimum absolute atomic E-state index is 0.173. The zero-order chi connectivity index (χ0) is 27.5. The summed E-state index contributed by atoms with van der Waals surface area (Å²) in [4.78, 5) is 25.4. The number of ether oxygens (including phenoxy) is 1. The van der Waals surface area contributed by atoms with E-state index in [0.29, 0.717) is 19.6 Å². The third kappa shape index (κ3) is 9.68. The van der Waals surface area contributed by atoms with Gasteiger partial charge in [-0.25, -0.2) is 5.48 Å². The van der Waals surface area contributed by atoms with Crippen molar-refractivity contribution in [1.82, 2.24) is 15.7 Å². The van der Waals surface area contributed by atoms with Crippen molar-refractivity contribution in [1.29, 1.82) is 0 Å². The van der Waals surface area contributed by atoms with Gasteiger partial charge in [-0.1, -0.05) is 61.4 Å². The molecule has 0 saturated heterocycles. The summed E-state index contributed by atoms with van der Waals surface area (Å²) in [5.41, 5.74) is 5.42. The normalized spacial score (nSPS) is 15.3. The van der Waals surface area contributed by atoms with Crippen molar-refractivity contribution in [3.05, 3.63) is 76.9 Å². The van der Waals surface area contributed by atoms with Crippen LogP contribution >= 0.6 is 0 Å². The van der Waals surface area contributed by atoms with Gasteiger partial charge in [0.25, 0.3) is 5.91 Å². The second-order valence-corrected chi connectivity index (χ2v) is 10.9. The SMILES string of the molecule is CC(C)(C)OCC(C(=O)O)N(Cc1ccc(CNCc2ccc(C=CC(=O)NO)cc2)cc1)C1CCCC1. The molecular formula is C30H41N3O5. The molecule has 0 bridgehead atoms. The number of nitrogens with zero attached hydrogens (tertiary/aromatic N) is 1. The second-order valence-electron chi connectivity index (χ2n) is 10.9. The molecule has 3 rings (SSSR count). The summed E-state index contributed by atoms with van der Waals surface area (Å²) < 4.78 is 5.90. The first-order chi connectivity index (χ1) is 18.1. The Bertz CT molecular complexity index is 1050. The molecule has 2 aromatic carbocycles. The topological polar surface area (TPSA) is 111 Å². The van der Waals surface area contributed by atoms with E-state index in [0.717, 1.165) is 47.9 Å². The first-order valence-corrected chi connectivity index (χ1v) is 13.3. The maximum atomic E-state index is 12.2. The highest BCUT2D eigenvalue weighted by molar-refractivity contribution is 5.90. The van der Waals surface area contributed by atoms with Crippen molar-refractivity contribution < 1.29 is 24.6 Å². The van der Waals surface area contributed by atoms with E-state index in [1.165, 1.54) is 6.08 Å². The molecule has 1 fully saturated rings. The zero-order valence-electron chi connectivity index (χ0n) is 22.7. The van der Waals surface area contributed by atoms with Crippen LogP contribution in [-0.4, -0.2) is 51.4 Å². The van der Waals surface area contributed by atoms with Crippen LogP contribution in [0.1, 0.15) is 68.7 Å². The lowest BCUT2D eigenvalue weighted by Gasteiger charge is -2.35. The molecule has 206 valence electrons. The van der Waals surface area contributed by atoms with E-state index < -0.39 is 17.9 Å². The van der Waals surface area contributed by atoms with Crippen molar-refractivity contribution in [3.63, 3.8) is 0 Å². The number of aliphatic carboxylic acids is 1. The largest absolute Gasteiger partial charge is 0.480 e. The van der Waals surface area contributed by atoms with Gasteiger partial charge in [-0.3, -0.25) is 19.7 Å². The lowest BCUT2D eigenvalue weighted by molar-refractivity contribution is -0.150. The maximum Gasteiger partial charge on any atom is 0.323 e. The smallest absolute Gasteiger partial charge is 0.323 e. The molecule has 0 radical (unpaired) electrons. The Labute approximate surface area is 225 Å². The second kappa shape index (κ2) is 14.2. The molecule has 4 N–H and O–H groups in total. The van der Waals surface area contributed by atoms with Gasteiger partial charge in [0.15, 0.2) is 0 Å². The summed E-state index contributed by atoms with van der Waals surface area (Å²) in [7, 11) is 0. The molecule has 8 heteroatoms. The standard InChI is InChI=1S/C30H41N3O5/c1-30(2,3)38-21-27(29(35)36)33(26-6-4-5-7-26)20-25-14-12-24(13-15-25)19-31-18-23-10-8-22(9-11-23)16-17-28(34)32-37/h8-17,26-27,31,37H,4-7,18-21H2,1-3H3,(H,32,34)(H,35,36). The van der Waals surface area contributed by atoms with Crippen LogP contribution in [0.25, 0.3) is 6.08 Å². The molecule has 1 saturated carbocycles. The molecule has 38 heavy (non-hydrogen) atoms. The molecule has 0 heterocycles. The minimum Gasteiger partial charge on any atom is -0.480 e. The van der Waals surface area contributed by atoms with Gasteiger partial charge in [-0.05, 0) is 61.9 Å². The fourth-order valence-electron chi connectivity index (χ4n) is 4.65. The number of carbonyl (C=O) groups is 2. The predicted octanol–water partition coefficient (Wildman–Crippen LogP) is 4.51. The van der Waals surface area contributed by atoms with Gasteiger partial charge in [0.05, 0.1) is 12.2 Å². The van der Waals surface area contributed by atoms with Crippen molar-refractivity contribution in [3.8, 4) is 0 Å². The molecule has 8 nitrogen and oxygen atoms in total. The lowest BCUT2D eigenvalue weighted by atomic mass is 10.1. The molecule has 0 aromatic heterocycles. The van der Waals surface area contributed by atoms with Crippen LogP contribution in [0.15, 0.2) is 54.6 Å². The van der Waals surface area contributed by atoms with Crippen molar-refractivity contribution in [2.45, 2.75) is 83.8 Å². The van der Waals surface area contributed by atoms with Gasteiger partial charge in [-0.15, -0.1) is 0 Å². The number of carbonyl (C=O) groups excluding carboxylic acids is 1. The molecule has 0 aliphatic heterocycles. The molecule has 1 atom stereocenters. The summed E-state index contributed by atoms with van der Waals surface area (Å²) in [6.45, 7) is 8.03. The van der Waals surface area contributed by atoms with Crippen LogP contribution in [0.5, 0.6) is 0 Å². The van der Waals surface area contributed by atoms with Crippen molar-refractivity contribution in [2.24, 2.45) is 0 Å². The Morgan fingerprint density at radius 1 is 1.00 bits per heavy atom. The summed E-state index contributed by atoms with van der Waals surface area (Å²) in [6, 6.07) is 15.8. The molecule has 1 aliphatic carbocycles. The highest BCUT2D eigenvalue weighted by Gasteiger charge is 2.34. The molecule has 1 unspecified atom stereocenters. The van der Waals surface area contributed by atoms with Gasteiger partial charge in [-0.2, -0.15) is 0 Å². The average Bonchev–Trinajstić information content (AvgIpc) is 3.42. The monoisotopic (exact) mass is 523 g/mol. The van der Waals surface area contributed by atoms with Gasteiger partial charge < -0.3 is 15.2 Å². The lowest BCUT2D eigenvalue weighted by Crippen LogP contribution is -2.49. The number of carboxylic acids is 1. The van der Waals surface area contributed by atoms with Gasteiger partial charge in [0.2, 0.25) is 0 Å². The number of nitrogens with one attached hydrogen (secondary N) is 2. The first kappa shape index (κ1) is 29.5. The Hall–Kier alpha value is -3.04. The molecular weight excluding hydrogens is 482 g/mol. The predicted molar refractivity (Wildman–Crippen MR) is 147 cm³/mol. The van der Waals surface area contributed by atoms with Gasteiger partial charge in [0, 0.05) is 31.8 Å². The Morgan fingerprint density at radius 3 is 2.08 bits per heavy atom. The van der Waals surface area contributed by atoms with Crippen LogP contribution in [0.2, 0.25) is 0 Å². The van der Waals surface area contributed by atoms with Crippen molar-refractivity contribution in [2.75, 3.05) is 6.61 Å². The average molecular weight is 524 g/mol. The number of carboxylic acid groups (broad SMARTS) is 1. The van der Waals surface area contributed by atoms with E-state index >= 15 is 0 Å². The first-order valence-electron chi connectivity index (χ1n) is 13.3. The Morgan fingerprint density at radius 2 is 1.55 bits per heavy atom. The van der Waals surface area contributed by atoms with Crippen LogP contribution in [-0.2, 0) is 34.0 Å². The number of hydrogen-bond donors (Lipinski definition) is 4. The number of hydroxylamine groups is 1. The third-order valence-corrected chi connectivity index (χ3v) is 6.72. The van der Waals surface area contributed by atoms with E-state index in [9.17, 15) is 14.7 Å². The van der Waals surface area contributed by atoms with Crippen LogP contribution in [0.4, 0.5) is 0 Å². The number of amides is 1.